The average Bonchev–Trinajstić information content (AvgIpc) is 2.81. The third-order valence-corrected chi connectivity index (χ3v) is 4.71. The Hall–Kier alpha value is -0.830. The fourth-order valence-corrected chi connectivity index (χ4v) is 3.54. The summed E-state index contributed by atoms with van der Waals surface area (Å²) in [7, 11) is 0. The van der Waals surface area contributed by atoms with Crippen LogP contribution < -0.4 is 5.32 Å². The van der Waals surface area contributed by atoms with Crippen LogP contribution in [0.1, 0.15) is 42.1 Å². The zero-order chi connectivity index (χ0) is 14.1. The minimum Gasteiger partial charge on any atom is -0.303 e. The van der Waals surface area contributed by atoms with E-state index in [0.717, 1.165) is 17.9 Å². The molecule has 3 heteroatoms. The molecule has 2 unspecified atom stereocenters. The summed E-state index contributed by atoms with van der Waals surface area (Å²) in [5.74, 6) is 0. The summed E-state index contributed by atoms with van der Waals surface area (Å²) in [5.41, 5.74) is 4.13. The molecule has 0 aliphatic heterocycles. The summed E-state index contributed by atoms with van der Waals surface area (Å²) in [6.07, 6.45) is 2.31. The van der Waals surface area contributed by atoms with Crippen LogP contribution in [0.4, 0.5) is 0 Å². The molecule has 0 aromatic heterocycles. The Balaban J connectivity index is 1.77. The van der Waals surface area contributed by atoms with Gasteiger partial charge < -0.3 is 5.32 Å². The highest BCUT2D eigenvalue weighted by atomic mass is 79.9. The molecule has 0 radical (unpaired) electrons. The standard InChI is InChI=1S/C17H17BrClN/c1-11(12-3-2-4-15(19)10-12)20-17-8-5-13-9-14(18)6-7-16(13)17/h2-4,6-7,9-11,17,20H,5,8H2,1H3. The van der Waals surface area contributed by atoms with Gasteiger partial charge in [0.25, 0.3) is 0 Å². The molecule has 20 heavy (non-hydrogen) atoms. The lowest BCUT2D eigenvalue weighted by atomic mass is 10.0. The van der Waals surface area contributed by atoms with Crippen LogP contribution >= 0.6 is 27.5 Å². The summed E-state index contributed by atoms with van der Waals surface area (Å²) in [4.78, 5) is 0. The maximum Gasteiger partial charge on any atom is 0.0409 e. The van der Waals surface area contributed by atoms with Crippen molar-refractivity contribution in [3.05, 3.63) is 68.7 Å². The predicted octanol–water partition coefficient (Wildman–Crippen LogP) is 5.44. The molecule has 0 amide bonds. The number of benzene rings is 2. The Kier molecular flexibility index (Phi) is 4.16. The van der Waals surface area contributed by atoms with Crippen LogP contribution in [-0.4, -0.2) is 0 Å². The lowest BCUT2D eigenvalue weighted by Gasteiger charge is -2.21. The second-order valence-electron chi connectivity index (χ2n) is 5.38. The number of hydrogen-bond acceptors (Lipinski definition) is 1. The minimum atomic E-state index is 0.299. The smallest absolute Gasteiger partial charge is 0.0409 e. The van der Waals surface area contributed by atoms with Crippen LogP contribution in [0.15, 0.2) is 46.9 Å². The summed E-state index contributed by atoms with van der Waals surface area (Å²) in [6.45, 7) is 2.20. The molecule has 0 spiro atoms. The van der Waals surface area contributed by atoms with Gasteiger partial charge in [0.2, 0.25) is 0 Å². The number of hydrogen-bond donors (Lipinski definition) is 1. The Morgan fingerprint density at radius 3 is 2.90 bits per heavy atom. The van der Waals surface area contributed by atoms with Gasteiger partial charge in [-0.15, -0.1) is 0 Å². The minimum absolute atomic E-state index is 0.299. The molecule has 1 aliphatic carbocycles. The Morgan fingerprint density at radius 2 is 2.10 bits per heavy atom. The quantitative estimate of drug-likeness (QED) is 0.777. The van der Waals surface area contributed by atoms with E-state index in [2.05, 4.69) is 52.4 Å². The second kappa shape index (κ2) is 5.88. The number of rotatable bonds is 3. The van der Waals surface area contributed by atoms with Crippen molar-refractivity contribution in [3.63, 3.8) is 0 Å². The third kappa shape index (κ3) is 2.93. The molecular weight excluding hydrogens is 334 g/mol. The summed E-state index contributed by atoms with van der Waals surface area (Å²) in [6, 6.07) is 15.4. The highest BCUT2D eigenvalue weighted by Crippen LogP contribution is 2.34. The number of fused-ring (bicyclic) bond motifs is 1. The van der Waals surface area contributed by atoms with E-state index in [9.17, 15) is 0 Å². The molecule has 104 valence electrons. The lowest BCUT2D eigenvalue weighted by molar-refractivity contribution is 0.465. The molecule has 1 aliphatic rings. The van der Waals surface area contributed by atoms with Gasteiger partial charge >= 0.3 is 0 Å². The van der Waals surface area contributed by atoms with Crippen molar-refractivity contribution in [2.45, 2.75) is 31.8 Å². The van der Waals surface area contributed by atoms with Crippen LogP contribution in [0, 0.1) is 0 Å². The molecule has 0 fully saturated rings. The average molecular weight is 351 g/mol. The third-order valence-electron chi connectivity index (χ3n) is 3.98. The van der Waals surface area contributed by atoms with Crippen LogP contribution in [0.25, 0.3) is 0 Å². The van der Waals surface area contributed by atoms with Crippen molar-refractivity contribution in [1.82, 2.24) is 5.32 Å². The summed E-state index contributed by atoms with van der Waals surface area (Å²) >= 11 is 9.62. The van der Waals surface area contributed by atoms with E-state index in [1.54, 1.807) is 0 Å². The number of nitrogens with one attached hydrogen (secondary N) is 1. The van der Waals surface area contributed by atoms with Crippen LogP contribution in [0.3, 0.4) is 0 Å². The van der Waals surface area contributed by atoms with Crippen molar-refractivity contribution >= 4 is 27.5 Å². The van der Waals surface area contributed by atoms with E-state index in [-0.39, 0.29) is 0 Å². The molecule has 0 heterocycles. The monoisotopic (exact) mass is 349 g/mol. The van der Waals surface area contributed by atoms with Crippen LogP contribution in [-0.2, 0) is 6.42 Å². The van der Waals surface area contributed by atoms with E-state index < -0.39 is 0 Å². The molecule has 2 atom stereocenters. The zero-order valence-electron chi connectivity index (χ0n) is 11.4. The molecule has 0 bridgehead atoms. The van der Waals surface area contributed by atoms with E-state index >= 15 is 0 Å². The molecule has 0 saturated carbocycles. The first-order valence-electron chi connectivity index (χ1n) is 6.93. The van der Waals surface area contributed by atoms with E-state index in [4.69, 9.17) is 11.6 Å². The largest absolute Gasteiger partial charge is 0.303 e. The van der Waals surface area contributed by atoms with E-state index in [1.807, 2.05) is 18.2 Å². The van der Waals surface area contributed by atoms with Crippen molar-refractivity contribution in [3.8, 4) is 0 Å². The fourth-order valence-electron chi connectivity index (χ4n) is 2.93. The first-order valence-corrected chi connectivity index (χ1v) is 8.10. The van der Waals surface area contributed by atoms with Gasteiger partial charge in [-0.2, -0.15) is 0 Å². The van der Waals surface area contributed by atoms with E-state index in [1.165, 1.54) is 21.2 Å². The highest BCUT2D eigenvalue weighted by molar-refractivity contribution is 9.10. The first kappa shape index (κ1) is 14.1. The van der Waals surface area contributed by atoms with Crippen LogP contribution in [0.5, 0.6) is 0 Å². The molecule has 1 N–H and O–H groups in total. The zero-order valence-corrected chi connectivity index (χ0v) is 13.7. The maximum atomic E-state index is 6.07. The SMILES string of the molecule is CC(NC1CCc2cc(Br)ccc21)c1cccc(Cl)c1. The Labute approximate surface area is 133 Å². The van der Waals surface area contributed by atoms with Gasteiger partial charge in [-0.05, 0) is 60.7 Å². The topological polar surface area (TPSA) is 12.0 Å². The van der Waals surface area contributed by atoms with Gasteiger partial charge in [-0.1, -0.05) is 45.7 Å². The molecule has 2 aromatic carbocycles. The van der Waals surface area contributed by atoms with E-state index in [0.29, 0.717) is 12.1 Å². The Bertz CT molecular complexity index is 626. The molecule has 0 saturated heterocycles. The van der Waals surface area contributed by atoms with Gasteiger partial charge in [0.1, 0.15) is 0 Å². The Morgan fingerprint density at radius 1 is 1.25 bits per heavy atom. The summed E-state index contributed by atoms with van der Waals surface area (Å²) < 4.78 is 1.17. The van der Waals surface area contributed by atoms with Gasteiger partial charge in [-0.25, -0.2) is 0 Å². The van der Waals surface area contributed by atoms with Gasteiger partial charge in [0.15, 0.2) is 0 Å². The van der Waals surface area contributed by atoms with Crippen molar-refractivity contribution in [2.75, 3.05) is 0 Å². The number of aryl methyl sites for hydroxylation is 1. The first-order chi connectivity index (χ1) is 9.63. The highest BCUT2D eigenvalue weighted by Gasteiger charge is 2.23. The molecular formula is C17H17BrClN. The van der Waals surface area contributed by atoms with Crippen LogP contribution in [0.2, 0.25) is 5.02 Å². The van der Waals surface area contributed by atoms with Gasteiger partial charge in [0, 0.05) is 21.6 Å². The molecule has 1 nitrogen and oxygen atoms in total. The van der Waals surface area contributed by atoms with Gasteiger partial charge in [-0.3, -0.25) is 0 Å². The summed E-state index contributed by atoms with van der Waals surface area (Å²) in [5, 5.41) is 4.52. The second-order valence-corrected chi connectivity index (χ2v) is 6.73. The fraction of sp³-hybridized carbons (Fsp3) is 0.294. The number of halogens is 2. The van der Waals surface area contributed by atoms with Crippen molar-refractivity contribution in [1.29, 1.82) is 0 Å². The maximum absolute atomic E-state index is 6.07. The lowest BCUT2D eigenvalue weighted by Crippen LogP contribution is -2.22. The van der Waals surface area contributed by atoms with Crippen molar-refractivity contribution in [2.24, 2.45) is 0 Å². The van der Waals surface area contributed by atoms with Gasteiger partial charge in [0.05, 0.1) is 0 Å². The normalized spacial score (nSPS) is 18.9. The predicted molar refractivity (Wildman–Crippen MR) is 88.2 cm³/mol. The molecule has 3 rings (SSSR count). The van der Waals surface area contributed by atoms with Crippen molar-refractivity contribution < 1.29 is 0 Å². The molecule has 2 aromatic rings.